The van der Waals surface area contributed by atoms with Gasteiger partial charge in [-0.3, -0.25) is 4.79 Å². The minimum absolute atomic E-state index is 0.375. The summed E-state index contributed by atoms with van der Waals surface area (Å²) in [7, 11) is 0. The summed E-state index contributed by atoms with van der Waals surface area (Å²) in [4.78, 5) is 21.7. The van der Waals surface area contributed by atoms with Crippen molar-refractivity contribution in [3.8, 4) is 0 Å². The lowest BCUT2D eigenvalue weighted by Crippen LogP contribution is -2.24. The number of carboxylic acids is 1. The number of rotatable bonds is 5. The van der Waals surface area contributed by atoms with E-state index in [4.69, 9.17) is 0 Å². The molecular weight excluding hydrogens is 182 g/mol. The van der Waals surface area contributed by atoms with Crippen molar-refractivity contribution in [1.29, 1.82) is 0 Å². The third-order valence-corrected chi connectivity index (χ3v) is 1.73. The molecule has 0 heterocycles. The van der Waals surface area contributed by atoms with E-state index >= 15 is 0 Å². The third-order valence-electron chi connectivity index (χ3n) is 1.73. The van der Waals surface area contributed by atoms with Gasteiger partial charge >= 0.3 is 0 Å². The minimum Gasteiger partial charge on any atom is -0.550 e. The van der Waals surface area contributed by atoms with Gasteiger partial charge in [0.05, 0.1) is 0 Å². The number of nitrogens with zero attached hydrogens (tertiary/aromatic N) is 1. The Morgan fingerprint density at radius 1 is 1.07 bits per heavy atom. The molecule has 4 heteroatoms. The Kier molecular flexibility index (Phi) is 11.3. The van der Waals surface area contributed by atoms with Crippen LogP contribution in [0, 0.1) is 0 Å². The molecule has 0 rings (SSSR count). The van der Waals surface area contributed by atoms with Crippen molar-refractivity contribution in [3.63, 3.8) is 0 Å². The van der Waals surface area contributed by atoms with Crippen LogP contribution in [0.5, 0.6) is 0 Å². The van der Waals surface area contributed by atoms with E-state index in [9.17, 15) is 14.7 Å². The molecule has 0 radical (unpaired) electrons. The summed E-state index contributed by atoms with van der Waals surface area (Å²) in [5.41, 5.74) is 0. The molecule has 0 unspecified atom stereocenters. The summed E-state index contributed by atoms with van der Waals surface area (Å²) in [6, 6.07) is 0. The minimum atomic E-state index is -1.31. The number of aliphatic carboxylic acids is 1. The maximum absolute atomic E-state index is 9.83. The van der Waals surface area contributed by atoms with Crippen molar-refractivity contribution in [2.75, 3.05) is 19.6 Å². The van der Waals surface area contributed by atoms with Gasteiger partial charge in [0.2, 0.25) is 0 Å². The lowest BCUT2D eigenvalue weighted by atomic mass is 10.3. The number of carboxylic acid groups (broad SMARTS) is 1. The highest BCUT2D eigenvalue weighted by Gasteiger charge is 1.89. The largest absolute Gasteiger partial charge is 0.550 e. The normalized spacial score (nSPS) is 9.21. The summed E-state index contributed by atoms with van der Waals surface area (Å²) >= 11 is 0. The van der Waals surface area contributed by atoms with Gasteiger partial charge in [0.15, 0.2) is 0 Å². The lowest BCUT2D eigenvalue weighted by molar-refractivity contribution is -0.304. The molecule has 0 aliphatic rings. The summed E-state index contributed by atoms with van der Waals surface area (Å²) in [6.45, 7) is 11.3. The monoisotopic (exact) mass is 202 g/mol. The second-order valence-corrected chi connectivity index (χ2v) is 2.87. The average molecular weight is 202 g/mol. The van der Waals surface area contributed by atoms with E-state index in [2.05, 4.69) is 25.7 Å². The van der Waals surface area contributed by atoms with Crippen molar-refractivity contribution < 1.29 is 14.7 Å². The molecule has 0 atom stereocenters. The zero-order valence-electron chi connectivity index (χ0n) is 9.50. The molecular formula is C10H20NO3-. The molecule has 0 aromatic heterocycles. The highest BCUT2D eigenvalue weighted by atomic mass is 16.4. The molecule has 84 valence electrons. The molecule has 4 nitrogen and oxygen atoms in total. The molecule has 0 aromatic carbocycles. The van der Waals surface area contributed by atoms with Crippen LogP contribution in [-0.2, 0) is 9.59 Å². The van der Waals surface area contributed by atoms with Gasteiger partial charge < -0.3 is 14.8 Å². The van der Waals surface area contributed by atoms with Gasteiger partial charge in [-0.25, -0.2) is 0 Å². The average Bonchev–Trinajstić information content (AvgIpc) is 2.06. The Morgan fingerprint density at radius 3 is 1.43 bits per heavy atom. The van der Waals surface area contributed by atoms with Gasteiger partial charge in [-0.05, 0) is 26.6 Å². The van der Waals surface area contributed by atoms with Crippen LogP contribution in [0.15, 0.2) is 0 Å². The number of hydrogen-bond acceptors (Lipinski definition) is 4. The van der Waals surface area contributed by atoms with Crippen molar-refractivity contribution in [1.82, 2.24) is 4.90 Å². The van der Waals surface area contributed by atoms with Crippen molar-refractivity contribution >= 4 is 11.8 Å². The lowest BCUT2D eigenvalue weighted by Gasteiger charge is -2.13. The van der Waals surface area contributed by atoms with Gasteiger partial charge in [0.1, 0.15) is 5.78 Å². The van der Waals surface area contributed by atoms with E-state index in [0.717, 1.165) is 0 Å². The summed E-state index contributed by atoms with van der Waals surface area (Å²) < 4.78 is 0. The zero-order valence-corrected chi connectivity index (χ0v) is 9.50. The smallest absolute Gasteiger partial charge is 0.135 e. The fourth-order valence-electron chi connectivity index (χ4n) is 0.874. The van der Waals surface area contributed by atoms with Gasteiger partial charge in [0.25, 0.3) is 0 Å². The maximum atomic E-state index is 9.83. The van der Waals surface area contributed by atoms with Crippen LogP contribution in [0.2, 0.25) is 0 Å². The highest BCUT2D eigenvalue weighted by Crippen LogP contribution is 1.81. The first-order valence-electron chi connectivity index (χ1n) is 4.89. The first-order chi connectivity index (χ1) is 6.47. The molecule has 0 spiro atoms. The molecule has 0 aliphatic heterocycles. The molecule has 0 amide bonds. The number of ketones is 1. The van der Waals surface area contributed by atoms with Crippen LogP contribution in [0.4, 0.5) is 0 Å². The van der Waals surface area contributed by atoms with Crippen molar-refractivity contribution in [2.24, 2.45) is 0 Å². The molecule has 0 fully saturated rings. The van der Waals surface area contributed by atoms with E-state index < -0.39 is 12.4 Å². The summed E-state index contributed by atoms with van der Waals surface area (Å²) in [5.74, 6) is -1.69. The topological polar surface area (TPSA) is 60.4 Å². The van der Waals surface area contributed by atoms with E-state index in [1.807, 2.05) is 0 Å². The van der Waals surface area contributed by atoms with Crippen LogP contribution in [-0.4, -0.2) is 36.3 Å². The Hall–Kier alpha value is -0.900. The van der Waals surface area contributed by atoms with Crippen LogP contribution in [0.3, 0.4) is 0 Å². The number of Topliss-reactive ketones (excluding diaryl/α,β-unsaturated/α-hetero) is 1. The number of hydrogen-bond donors (Lipinski definition) is 0. The number of carbonyl (C=O) groups excluding carboxylic acids is 2. The predicted molar refractivity (Wildman–Crippen MR) is 53.8 cm³/mol. The zero-order chi connectivity index (χ0) is 11.6. The van der Waals surface area contributed by atoms with E-state index in [1.165, 1.54) is 26.6 Å². The molecule has 0 saturated heterocycles. The van der Waals surface area contributed by atoms with Gasteiger partial charge in [-0.1, -0.05) is 20.8 Å². The first-order valence-corrected chi connectivity index (χ1v) is 4.89. The SMILES string of the molecule is CC(=O)CC(=O)[O-].CCN(CC)CC. The van der Waals surface area contributed by atoms with Crippen molar-refractivity contribution in [3.05, 3.63) is 0 Å². The van der Waals surface area contributed by atoms with Gasteiger partial charge in [-0.15, -0.1) is 0 Å². The number of carbonyl (C=O) groups is 2. The van der Waals surface area contributed by atoms with Crippen LogP contribution >= 0.6 is 0 Å². The summed E-state index contributed by atoms with van der Waals surface area (Å²) in [5, 5.41) is 9.48. The Morgan fingerprint density at radius 2 is 1.43 bits per heavy atom. The second kappa shape index (κ2) is 10.2. The molecule has 0 bridgehead atoms. The highest BCUT2D eigenvalue weighted by molar-refractivity contribution is 5.92. The quantitative estimate of drug-likeness (QED) is 0.592. The van der Waals surface area contributed by atoms with Gasteiger partial charge in [-0.2, -0.15) is 0 Å². The molecule has 14 heavy (non-hydrogen) atoms. The molecule has 0 saturated carbocycles. The van der Waals surface area contributed by atoms with Crippen LogP contribution in [0.25, 0.3) is 0 Å². The van der Waals surface area contributed by atoms with E-state index in [1.54, 1.807) is 0 Å². The molecule has 0 aliphatic carbocycles. The Bertz CT molecular complexity index is 147. The van der Waals surface area contributed by atoms with E-state index in [-0.39, 0.29) is 5.78 Å². The first kappa shape index (κ1) is 15.6. The van der Waals surface area contributed by atoms with Crippen molar-refractivity contribution in [2.45, 2.75) is 34.1 Å². The summed E-state index contributed by atoms with van der Waals surface area (Å²) in [6.07, 6.45) is -0.472. The second-order valence-electron chi connectivity index (χ2n) is 2.87. The van der Waals surface area contributed by atoms with Crippen LogP contribution < -0.4 is 5.11 Å². The van der Waals surface area contributed by atoms with Gasteiger partial charge in [0, 0.05) is 12.4 Å². The fourth-order valence-corrected chi connectivity index (χ4v) is 0.874. The Balaban J connectivity index is 0. The Labute approximate surface area is 85.9 Å². The fraction of sp³-hybridized carbons (Fsp3) is 0.800. The van der Waals surface area contributed by atoms with Crippen LogP contribution in [0.1, 0.15) is 34.1 Å². The maximum Gasteiger partial charge on any atom is 0.135 e. The standard InChI is InChI=1S/C6H15N.C4H6O3/c1-4-7(5-2)6-3;1-3(5)2-4(6)7/h4-6H2,1-3H3;2H2,1H3,(H,6,7)/p-1. The molecule has 0 aromatic rings. The predicted octanol–water partition coefficient (Wildman–Crippen LogP) is 0.0635. The van der Waals surface area contributed by atoms with E-state index in [0.29, 0.717) is 0 Å². The molecule has 0 N–H and O–H groups in total. The third kappa shape index (κ3) is 13.7.